The minimum atomic E-state index is -0.185. The normalized spacial score (nSPS) is 12.2. The second kappa shape index (κ2) is 9.72. The molecule has 0 aromatic heterocycles. The Kier molecular flexibility index (Phi) is 8.22. The zero-order valence-electron chi connectivity index (χ0n) is 11.8. The van der Waals surface area contributed by atoms with E-state index in [4.69, 9.17) is 21.1 Å². The van der Waals surface area contributed by atoms with E-state index in [0.29, 0.717) is 24.7 Å². The van der Waals surface area contributed by atoms with Gasteiger partial charge >= 0.3 is 0 Å². The first-order valence-electron chi connectivity index (χ1n) is 6.42. The number of nitrogens with one attached hydrogen (secondary N) is 2. The molecule has 0 bridgehead atoms. The van der Waals surface area contributed by atoms with Crippen molar-refractivity contribution in [2.45, 2.75) is 6.10 Å². The minimum absolute atomic E-state index is 0.0721. The van der Waals surface area contributed by atoms with Crippen LogP contribution in [0.2, 0.25) is 5.02 Å². The van der Waals surface area contributed by atoms with Crippen molar-refractivity contribution in [3.63, 3.8) is 0 Å². The van der Waals surface area contributed by atoms with Crippen LogP contribution in [0.4, 0.5) is 0 Å². The van der Waals surface area contributed by atoms with Crippen LogP contribution in [0.3, 0.4) is 0 Å². The smallest absolute Gasteiger partial charge is 0.234 e. The molecule has 0 radical (unpaired) electrons. The topological polar surface area (TPSA) is 59.6 Å². The molecule has 0 aliphatic rings. The van der Waals surface area contributed by atoms with E-state index in [-0.39, 0.29) is 18.6 Å². The molecular formula is C14H21ClN2O3. The van der Waals surface area contributed by atoms with Crippen molar-refractivity contribution in [2.75, 3.05) is 40.5 Å². The van der Waals surface area contributed by atoms with Crippen LogP contribution in [0.5, 0.6) is 0 Å². The standard InChI is InChI=1S/C14H21ClN2O3/c1-19-8-7-16-10-14(18)17-9-13(20-2)11-3-5-12(15)6-4-11/h3-6,13,16H,7-10H2,1-2H3,(H,17,18). The van der Waals surface area contributed by atoms with Crippen molar-refractivity contribution in [1.29, 1.82) is 0 Å². The van der Waals surface area contributed by atoms with Crippen molar-refractivity contribution >= 4 is 17.5 Å². The fourth-order valence-electron chi connectivity index (χ4n) is 1.66. The molecule has 20 heavy (non-hydrogen) atoms. The summed E-state index contributed by atoms with van der Waals surface area (Å²) in [7, 11) is 3.24. The highest BCUT2D eigenvalue weighted by Gasteiger charge is 2.11. The molecule has 1 aromatic carbocycles. The van der Waals surface area contributed by atoms with Gasteiger partial charge in [-0.05, 0) is 17.7 Å². The first-order chi connectivity index (χ1) is 9.67. The van der Waals surface area contributed by atoms with E-state index in [1.54, 1.807) is 26.4 Å². The third-order valence-corrected chi connectivity index (χ3v) is 3.03. The molecule has 0 heterocycles. The van der Waals surface area contributed by atoms with Crippen LogP contribution in [0.25, 0.3) is 0 Å². The van der Waals surface area contributed by atoms with Gasteiger partial charge in [0.2, 0.25) is 5.91 Å². The van der Waals surface area contributed by atoms with Crippen LogP contribution in [0, 0.1) is 0 Å². The molecule has 0 fully saturated rings. The van der Waals surface area contributed by atoms with Crippen molar-refractivity contribution in [3.8, 4) is 0 Å². The van der Waals surface area contributed by atoms with Gasteiger partial charge in [-0.25, -0.2) is 0 Å². The molecule has 1 atom stereocenters. The number of hydrogen-bond acceptors (Lipinski definition) is 4. The van der Waals surface area contributed by atoms with Gasteiger partial charge in [0.25, 0.3) is 0 Å². The number of benzene rings is 1. The quantitative estimate of drug-likeness (QED) is 0.677. The number of rotatable bonds is 9. The molecule has 0 spiro atoms. The monoisotopic (exact) mass is 300 g/mol. The Morgan fingerprint density at radius 1 is 1.30 bits per heavy atom. The summed E-state index contributed by atoms with van der Waals surface area (Å²) in [5.74, 6) is -0.0721. The highest BCUT2D eigenvalue weighted by atomic mass is 35.5. The number of methoxy groups -OCH3 is 2. The van der Waals surface area contributed by atoms with Gasteiger partial charge in [-0.1, -0.05) is 23.7 Å². The number of ether oxygens (including phenoxy) is 2. The Morgan fingerprint density at radius 2 is 2.00 bits per heavy atom. The van der Waals surface area contributed by atoms with Gasteiger partial charge in [0.1, 0.15) is 0 Å². The van der Waals surface area contributed by atoms with Crippen LogP contribution in [-0.4, -0.2) is 46.4 Å². The maximum absolute atomic E-state index is 11.6. The highest BCUT2D eigenvalue weighted by Crippen LogP contribution is 2.18. The molecule has 6 heteroatoms. The van der Waals surface area contributed by atoms with Gasteiger partial charge < -0.3 is 20.1 Å². The number of amides is 1. The van der Waals surface area contributed by atoms with E-state index in [2.05, 4.69) is 10.6 Å². The molecule has 1 aromatic rings. The molecule has 5 nitrogen and oxygen atoms in total. The molecule has 0 aliphatic heterocycles. The molecule has 0 saturated carbocycles. The lowest BCUT2D eigenvalue weighted by molar-refractivity contribution is -0.120. The summed E-state index contributed by atoms with van der Waals surface area (Å²) in [5.41, 5.74) is 0.976. The fourth-order valence-corrected chi connectivity index (χ4v) is 1.79. The molecule has 1 amide bonds. The van der Waals surface area contributed by atoms with E-state index >= 15 is 0 Å². The number of hydrogen-bond donors (Lipinski definition) is 2. The van der Waals surface area contributed by atoms with Crippen molar-refractivity contribution in [3.05, 3.63) is 34.9 Å². The third-order valence-electron chi connectivity index (χ3n) is 2.78. The van der Waals surface area contributed by atoms with Gasteiger partial charge in [-0.3, -0.25) is 4.79 Å². The van der Waals surface area contributed by atoms with Crippen LogP contribution in [0.15, 0.2) is 24.3 Å². The van der Waals surface area contributed by atoms with Crippen molar-refractivity contribution in [1.82, 2.24) is 10.6 Å². The van der Waals surface area contributed by atoms with Crippen LogP contribution >= 0.6 is 11.6 Å². The molecule has 1 unspecified atom stereocenters. The summed E-state index contributed by atoms with van der Waals surface area (Å²) in [6, 6.07) is 7.38. The van der Waals surface area contributed by atoms with Crippen LogP contribution in [-0.2, 0) is 14.3 Å². The number of carbonyl (C=O) groups is 1. The largest absolute Gasteiger partial charge is 0.383 e. The Morgan fingerprint density at radius 3 is 2.60 bits per heavy atom. The van der Waals surface area contributed by atoms with Crippen molar-refractivity contribution in [2.24, 2.45) is 0 Å². The predicted molar refractivity (Wildman–Crippen MR) is 79.0 cm³/mol. The summed E-state index contributed by atoms with van der Waals surface area (Å²) in [4.78, 5) is 11.6. The zero-order valence-corrected chi connectivity index (χ0v) is 12.6. The van der Waals surface area contributed by atoms with Crippen LogP contribution in [0.1, 0.15) is 11.7 Å². The lowest BCUT2D eigenvalue weighted by atomic mass is 10.1. The second-order valence-electron chi connectivity index (χ2n) is 4.25. The van der Waals surface area contributed by atoms with Crippen LogP contribution < -0.4 is 10.6 Å². The maximum Gasteiger partial charge on any atom is 0.234 e. The Balaban J connectivity index is 2.34. The third kappa shape index (κ3) is 6.34. The van der Waals surface area contributed by atoms with E-state index in [0.717, 1.165) is 5.56 Å². The van der Waals surface area contributed by atoms with E-state index in [1.807, 2.05) is 12.1 Å². The van der Waals surface area contributed by atoms with Gasteiger partial charge in [0.05, 0.1) is 19.3 Å². The molecular weight excluding hydrogens is 280 g/mol. The molecule has 0 aliphatic carbocycles. The van der Waals surface area contributed by atoms with E-state index in [1.165, 1.54) is 0 Å². The first kappa shape index (κ1) is 16.9. The number of halogens is 1. The highest BCUT2D eigenvalue weighted by molar-refractivity contribution is 6.30. The van der Waals surface area contributed by atoms with Gasteiger partial charge in [0, 0.05) is 32.3 Å². The zero-order chi connectivity index (χ0) is 14.8. The lowest BCUT2D eigenvalue weighted by Gasteiger charge is -2.16. The first-order valence-corrected chi connectivity index (χ1v) is 6.79. The van der Waals surface area contributed by atoms with Gasteiger partial charge in [-0.15, -0.1) is 0 Å². The molecule has 0 saturated heterocycles. The minimum Gasteiger partial charge on any atom is -0.383 e. The van der Waals surface area contributed by atoms with E-state index < -0.39 is 0 Å². The lowest BCUT2D eigenvalue weighted by Crippen LogP contribution is -2.37. The summed E-state index contributed by atoms with van der Waals surface area (Å²) in [6.07, 6.45) is -0.185. The summed E-state index contributed by atoms with van der Waals surface area (Å²) in [5, 5.41) is 6.48. The maximum atomic E-state index is 11.6. The molecule has 1 rings (SSSR count). The SMILES string of the molecule is COCCNCC(=O)NCC(OC)c1ccc(Cl)cc1. The van der Waals surface area contributed by atoms with Gasteiger partial charge in [0.15, 0.2) is 0 Å². The van der Waals surface area contributed by atoms with E-state index in [9.17, 15) is 4.79 Å². The average molecular weight is 301 g/mol. The number of carbonyl (C=O) groups excluding carboxylic acids is 1. The Labute approximate surface area is 124 Å². The molecule has 2 N–H and O–H groups in total. The second-order valence-corrected chi connectivity index (χ2v) is 4.69. The average Bonchev–Trinajstić information content (AvgIpc) is 2.46. The van der Waals surface area contributed by atoms with Crippen molar-refractivity contribution < 1.29 is 14.3 Å². The summed E-state index contributed by atoms with van der Waals surface area (Å²) < 4.78 is 10.3. The predicted octanol–water partition coefficient (Wildman–Crippen LogP) is 1.38. The Bertz CT molecular complexity index is 398. The molecule has 112 valence electrons. The Hall–Kier alpha value is -1.14. The van der Waals surface area contributed by atoms with Gasteiger partial charge in [-0.2, -0.15) is 0 Å². The fraction of sp³-hybridized carbons (Fsp3) is 0.500. The summed E-state index contributed by atoms with van der Waals surface area (Å²) in [6.45, 7) is 1.91. The summed E-state index contributed by atoms with van der Waals surface area (Å²) >= 11 is 5.84.